The lowest BCUT2D eigenvalue weighted by Crippen LogP contribution is -2.37. The normalized spacial score (nSPS) is 11.9. The maximum atomic E-state index is 12.0. The topological polar surface area (TPSA) is 120 Å². The van der Waals surface area contributed by atoms with Crippen LogP contribution in [0, 0.1) is 10.1 Å². The van der Waals surface area contributed by atoms with Gasteiger partial charge in [-0.15, -0.1) is 0 Å². The number of hydrogen-bond donors (Lipinski definition) is 2. The minimum Gasteiger partial charge on any atom is -0.384 e. The molecule has 1 rings (SSSR count). The van der Waals surface area contributed by atoms with Crippen molar-refractivity contribution in [2.24, 2.45) is 0 Å². The first kappa shape index (κ1) is 14.8. The van der Waals surface area contributed by atoms with Gasteiger partial charge in [0.2, 0.25) is 0 Å². The van der Waals surface area contributed by atoms with Crippen LogP contribution in [0.15, 0.2) is 12.3 Å². The number of carbonyl (C=O) groups is 1. The Morgan fingerprint density at radius 1 is 1.68 bits per heavy atom. The van der Waals surface area contributed by atoms with E-state index in [0.29, 0.717) is 13.0 Å². The van der Waals surface area contributed by atoms with Gasteiger partial charge in [-0.1, -0.05) is 6.92 Å². The highest BCUT2D eigenvalue weighted by Crippen LogP contribution is 2.19. The molecule has 0 aliphatic carbocycles. The predicted molar refractivity (Wildman–Crippen MR) is 68.7 cm³/mol. The number of nitrogens with one attached hydrogen (secondary N) is 1. The van der Waals surface area contributed by atoms with Gasteiger partial charge in [0, 0.05) is 7.11 Å². The molecule has 1 aromatic rings. The summed E-state index contributed by atoms with van der Waals surface area (Å²) in [6.45, 7) is 2.20. The first-order valence-corrected chi connectivity index (χ1v) is 5.69. The lowest BCUT2D eigenvalue weighted by atomic mass is 10.1. The van der Waals surface area contributed by atoms with E-state index in [-0.39, 0.29) is 23.1 Å². The van der Waals surface area contributed by atoms with Crippen molar-refractivity contribution in [1.82, 2.24) is 10.3 Å². The van der Waals surface area contributed by atoms with Gasteiger partial charge in [0.25, 0.3) is 11.6 Å². The molecule has 1 unspecified atom stereocenters. The molecule has 1 atom stereocenters. The highest BCUT2D eigenvalue weighted by Gasteiger charge is 2.22. The number of aromatic nitrogens is 1. The van der Waals surface area contributed by atoms with E-state index in [0.717, 1.165) is 6.20 Å². The zero-order valence-electron chi connectivity index (χ0n) is 10.8. The van der Waals surface area contributed by atoms with Gasteiger partial charge in [0.1, 0.15) is 17.6 Å². The van der Waals surface area contributed by atoms with Crippen LogP contribution in [-0.2, 0) is 4.74 Å². The summed E-state index contributed by atoms with van der Waals surface area (Å²) in [6, 6.07) is 0.971. The van der Waals surface area contributed by atoms with Crippen molar-refractivity contribution in [3.8, 4) is 0 Å². The maximum absolute atomic E-state index is 12.0. The molecule has 19 heavy (non-hydrogen) atoms. The number of nitrogen functional groups attached to an aromatic ring is 1. The fourth-order valence-electron chi connectivity index (χ4n) is 1.52. The van der Waals surface area contributed by atoms with Gasteiger partial charge in [-0.3, -0.25) is 14.9 Å². The second kappa shape index (κ2) is 6.64. The Balaban J connectivity index is 2.98. The number of hydrogen-bond acceptors (Lipinski definition) is 6. The SMILES string of the molecule is CCC(COC)NC(=O)c1cc(N)ncc1[N+](=O)[O-]. The van der Waals surface area contributed by atoms with Gasteiger partial charge in [-0.25, -0.2) is 4.98 Å². The molecule has 0 spiro atoms. The van der Waals surface area contributed by atoms with Crippen LogP contribution in [0.3, 0.4) is 0 Å². The average molecular weight is 268 g/mol. The second-order valence-corrected chi connectivity index (χ2v) is 3.92. The van der Waals surface area contributed by atoms with E-state index in [1.165, 1.54) is 13.2 Å². The summed E-state index contributed by atoms with van der Waals surface area (Å²) in [4.78, 5) is 25.8. The lowest BCUT2D eigenvalue weighted by Gasteiger charge is -2.15. The fraction of sp³-hybridized carbons (Fsp3) is 0.455. The van der Waals surface area contributed by atoms with Crippen LogP contribution < -0.4 is 11.1 Å². The molecule has 0 radical (unpaired) electrons. The molecule has 0 saturated heterocycles. The van der Waals surface area contributed by atoms with Gasteiger partial charge < -0.3 is 15.8 Å². The molecular weight excluding hydrogens is 252 g/mol. The smallest absolute Gasteiger partial charge is 0.300 e. The van der Waals surface area contributed by atoms with Crippen molar-refractivity contribution >= 4 is 17.4 Å². The third-order valence-corrected chi connectivity index (χ3v) is 2.54. The highest BCUT2D eigenvalue weighted by atomic mass is 16.6. The molecule has 0 saturated carbocycles. The number of nitrogens with zero attached hydrogens (tertiary/aromatic N) is 2. The molecule has 104 valence electrons. The van der Waals surface area contributed by atoms with Gasteiger partial charge in [0.05, 0.1) is 17.6 Å². The molecule has 1 heterocycles. The Hall–Kier alpha value is -2.22. The summed E-state index contributed by atoms with van der Waals surface area (Å²) in [5.74, 6) is -0.514. The number of pyridine rings is 1. The molecule has 0 aliphatic rings. The van der Waals surface area contributed by atoms with Crippen molar-refractivity contribution in [3.63, 3.8) is 0 Å². The van der Waals surface area contributed by atoms with Crippen LogP contribution in [0.4, 0.5) is 11.5 Å². The fourth-order valence-corrected chi connectivity index (χ4v) is 1.52. The molecule has 0 bridgehead atoms. The molecule has 1 aromatic heterocycles. The summed E-state index contributed by atoms with van der Waals surface area (Å²) in [5.41, 5.74) is 4.97. The average Bonchev–Trinajstić information content (AvgIpc) is 2.37. The Kier molecular flexibility index (Phi) is 5.19. The maximum Gasteiger partial charge on any atom is 0.300 e. The zero-order chi connectivity index (χ0) is 14.4. The minimum absolute atomic E-state index is 0.0514. The van der Waals surface area contributed by atoms with E-state index in [2.05, 4.69) is 10.3 Å². The van der Waals surface area contributed by atoms with E-state index in [1.54, 1.807) is 0 Å². The monoisotopic (exact) mass is 268 g/mol. The number of rotatable bonds is 6. The molecule has 8 nitrogen and oxygen atoms in total. The lowest BCUT2D eigenvalue weighted by molar-refractivity contribution is -0.385. The molecule has 0 aromatic carbocycles. The van der Waals surface area contributed by atoms with E-state index in [1.807, 2.05) is 6.92 Å². The number of anilines is 1. The standard InChI is InChI=1S/C11H16N4O4/c1-3-7(6-19-2)14-11(16)8-4-10(12)13-5-9(8)15(17)18/h4-5,7H,3,6H2,1-2H3,(H2,12,13)(H,14,16). The van der Waals surface area contributed by atoms with E-state index < -0.39 is 10.8 Å². The third-order valence-electron chi connectivity index (χ3n) is 2.54. The molecular formula is C11H16N4O4. The number of methoxy groups -OCH3 is 1. The third kappa shape index (κ3) is 3.88. The Bertz CT molecular complexity index is 478. The highest BCUT2D eigenvalue weighted by molar-refractivity contribution is 5.98. The largest absolute Gasteiger partial charge is 0.384 e. The van der Waals surface area contributed by atoms with E-state index in [4.69, 9.17) is 10.5 Å². The number of amides is 1. The zero-order valence-corrected chi connectivity index (χ0v) is 10.8. The summed E-state index contributed by atoms with van der Waals surface area (Å²) in [7, 11) is 1.52. The Morgan fingerprint density at radius 2 is 2.37 bits per heavy atom. The van der Waals surface area contributed by atoms with Crippen LogP contribution >= 0.6 is 0 Å². The van der Waals surface area contributed by atoms with Crippen LogP contribution in [0.2, 0.25) is 0 Å². The van der Waals surface area contributed by atoms with Crippen LogP contribution in [0.5, 0.6) is 0 Å². The quantitative estimate of drug-likeness (QED) is 0.579. The minimum atomic E-state index is -0.668. The number of carbonyl (C=O) groups excluding carboxylic acids is 1. The Labute approximate surface area is 110 Å². The molecule has 8 heteroatoms. The second-order valence-electron chi connectivity index (χ2n) is 3.92. The molecule has 3 N–H and O–H groups in total. The number of nitrogens with two attached hydrogens (primary N) is 1. The molecule has 1 amide bonds. The van der Waals surface area contributed by atoms with Crippen LogP contribution in [0.1, 0.15) is 23.7 Å². The van der Waals surface area contributed by atoms with Crippen molar-refractivity contribution < 1.29 is 14.5 Å². The van der Waals surface area contributed by atoms with Gasteiger partial charge in [0.15, 0.2) is 0 Å². The van der Waals surface area contributed by atoms with Crippen molar-refractivity contribution in [3.05, 3.63) is 27.9 Å². The van der Waals surface area contributed by atoms with Gasteiger partial charge >= 0.3 is 0 Å². The summed E-state index contributed by atoms with van der Waals surface area (Å²) >= 11 is 0. The van der Waals surface area contributed by atoms with Crippen LogP contribution in [-0.4, -0.2) is 35.6 Å². The van der Waals surface area contributed by atoms with Crippen LogP contribution in [0.25, 0.3) is 0 Å². The van der Waals surface area contributed by atoms with Crippen molar-refractivity contribution in [1.29, 1.82) is 0 Å². The first-order chi connectivity index (χ1) is 8.99. The number of ether oxygens (including phenoxy) is 1. The van der Waals surface area contributed by atoms with E-state index >= 15 is 0 Å². The number of nitro groups is 1. The van der Waals surface area contributed by atoms with E-state index in [9.17, 15) is 14.9 Å². The van der Waals surface area contributed by atoms with Crippen molar-refractivity contribution in [2.45, 2.75) is 19.4 Å². The van der Waals surface area contributed by atoms with Crippen molar-refractivity contribution in [2.75, 3.05) is 19.5 Å². The predicted octanol–water partition coefficient (Wildman–Crippen LogP) is 0.727. The van der Waals surface area contributed by atoms with Gasteiger partial charge in [-0.05, 0) is 12.5 Å². The summed E-state index contributed by atoms with van der Waals surface area (Å²) < 4.78 is 4.95. The summed E-state index contributed by atoms with van der Waals surface area (Å²) in [5, 5.41) is 13.5. The van der Waals surface area contributed by atoms with Gasteiger partial charge in [-0.2, -0.15) is 0 Å². The molecule has 0 fully saturated rings. The first-order valence-electron chi connectivity index (χ1n) is 5.69. The molecule has 0 aliphatic heterocycles. The Morgan fingerprint density at radius 3 is 2.89 bits per heavy atom. The summed E-state index contributed by atoms with van der Waals surface area (Å²) in [6.07, 6.45) is 1.62.